The Bertz CT molecular complexity index is 604. The highest BCUT2D eigenvalue weighted by molar-refractivity contribution is 5.71. The minimum atomic E-state index is -1.15. The molecule has 0 unspecified atom stereocenters. The third-order valence-corrected chi connectivity index (χ3v) is 1.95. The topological polar surface area (TPSA) is 177 Å². The van der Waals surface area contributed by atoms with Gasteiger partial charge in [-0.1, -0.05) is 10.3 Å². The maximum atomic E-state index is 10.5. The van der Waals surface area contributed by atoms with Crippen molar-refractivity contribution >= 4 is 23.6 Å². The molecule has 20 heavy (non-hydrogen) atoms. The molecule has 0 saturated carbocycles. The van der Waals surface area contributed by atoms with Gasteiger partial charge in [-0.2, -0.15) is 0 Å². The van der Waals surface area contributed by atoms with Gasteiger partial charge in [-0.25, -0.2) is 9.26 Å². The lowest BCUT2D eigenvalue weighted by Gasteiger charge is -1.89. The van der Waals surface area contributed by atoms with Crippen molar-refractivity contribution in [2.75, 3.05) is 0 Å². The zero-order valence-electron chi connectivity index (χ0n) is 9.62. The van der Waals surface area contributed by atoms with Crippen molar-refractivity contribution in [3.8, 4) is 0 Å². The monoisotopic (exact) mass is 282 g/mol. The molecule has 0 saturated heterocycles. The van der Waals surface area contributed by atoms with Gasteiger partial charge in [-0.05, 0) is 10.3 Å². The van der Waals surface area contributed by atoms with E-state index in [0.29, 0.717) is 0 Å². The number of rotatable bonds is 6. The molecule has 0 amide bonds. The van der Waals surface area contributed by atoms with Crippen molar-refractivity contribution in [3.05, 3.63) is 11.4 Å². The lowest BCUT2D eigenvalue weighted by atomic mass is 10.3. The zero-order valence-corrected chi connectivity index (χ0v) is 9.62. The maximum absolute atomic E-state index is 10.5. The Kier molecular flexibility index (Phi) is 3.74. The predicted molar refractivity (Wildman–Crippen MR) is 55.5 cm³/mol. The van der Waals surface area contributed by atoms with Crippen molar-refractivity contribution in [3.63, 3.8) is 0 Å². The molecule has 104 valence electrons. The molecule has 0 aromatic carbocycles. The third kappa shape index (κ3) is 3.18. The van der Waals surface area contributed by atoms with Gasteiger partial charge in [-0.15, -0.1) is 10.2 Å². The van der Waals surface area contributed by atoms with Crippen molar-refractivity contribution in [1.82, 2.24) is 20.6 Å². The van der Waals surface area contributed by atoms with Crippen LogP contribution in [0, 0.1) is 0 Å². The van der Waals surface area contributed by atoms with Crippen LogP contribution in [0.3, 0.4) is 0 Å². The van der Waals surface area contributed by atoms with Gasteiger partial charge in [0.2, 0.25) is 11.6 Å². The molecule has 0 fully saturated rings. The summed E-state index contributed by atoms with van der Waals surface area (Å²) in [7, 11) is 0. The normalized spacial score (nSPS) is 11.0. The van der Waals surface area contributed by atoms with Gasteiger partial charge in [0.15, 0.2) is 0 Å². The fourth-order valence-corrected chi connectivity index (χ4v) is 1.16. The molecule has 0 aliphatic carbocycles. The van der Waals surface area contributed by atoms with E-state index in [1.165, 1.54) is 0 Å². The average molecular weight is 282 g/mol. The van der Waals surface area contributed by atoms with Crippen molar-refractivity contribution in [2.24, 2.45) is 10.2 Å². The minimum absolute atomic E-state index is 0.0301. The van der Waals surface area contributed by atoms with Crippen molar-refractivity contribution in [1.29, 1.82) is 0 Å². The molecule has 2 aromatic rings. The molecule has 0 atom stereocenters. The number of hydrogen-bond acceptors (Lipinski definition) is 10. The number of nitrogens with zero attached hydrogens (tertiary/aromatic N) is 6. The average Bonchev–Trinajstić information content (AvgIpc) is 2.95. The molecule has 12 nitrogen and oxygen atoms in total. The van der Waals surface area contributed by atoms with Crippen LogP contribution in [0.2, 0.25) is 0 Å². The first-order valence-corrected chi connectivity index (χ1v) is 5.04. The summed E-state index contributed by atoms with van der Waals surface area (Å²) in [5, 5.41) is 37.8. The standard InChI is InChI=1S/C8H6N6O6/c15-5(16)1-3-7(13-19-11-3)9-10-8-4(2-6(17)18)12-20-14-8/h1-2H2,(H,15,16)(H,17,18). The van der Waals surface area contributed by atoms with Gasteiger partial charge in [0.1, 0.15) is 11.4 Å². The largest absolute Gasteiger partial charge is 0.481 e. The second kappa shape index (κ2) is 5.64. The summed E-state index contributed by atoms with van der Waals surface area (Å²) in [5.74, 6) is -2.60. The second-order valence-corrected chi connectivity index (χ2v) is 3.41. The number of hydrogen-bond donors (Lipinski definition) is 2. The van der Waals surface area contributed by atoms with E-state index in [9.17, 15) is 9.59 Å². The first-order valence-electron chi connectivity index (χ1n) is 5.04. The van der Waals surface area contributed by atoms with Gasteiger partial charge >= 0.3 is 11.9 Å². The lowest BCUT2D eigenvalue weighted by molar-refractivity contribution is -0.137. The van der Waals surface area contributed by atoms with Crippen LogP contribution in [-0.2, 0) is 22.4 Å². The van der Waals surface area contributed by atoms with Gasteiger partial charge < -0.3 is 10.2 Å². The quantitative estimate of drug-likeness (QED) is 0.691. The number of carbonyl (C=O) groups is 2. The molecule has 0 radical (unpaired) electrons. The van der Waals surface area contributed by atoms with Crippen molar-refractivity contribution < 1.29 is 29.1 Å². The van der Waals surface area contributed by atoms with E-state index in [1.54, 1.807) is 0 Å². The first kappa shape index (κ1) is 13.3. The summed E-state index contributed by atoms with van der Waals surface area (Å²) in [4.78, 5) is 21.1. The molecule has 0 bridgehead atoms. The summed E-state index contributed by atoms with van der Waals surface area (Å²) in [6.07, 6.45) is -0.895. The molecule has 2 aromatic heterocycles. The fourth-order valence-electron chi connectivity index (χ4n) is 1.16. The van der Waals surface area contributed by atoms with Crippen LogP contribution in [-0.4, -0.2) is 42.8 Å². The van der Waals surface area contributed by atoms with Crippen LogP contribution in [0.1, 0.15) is 11.4 Å². The number of azo groups is 1. The molecule has 12 heteroatoms. The highest BCUT2D eigenvalue weighted by Gasteiger charge is 2.16. The van der Waals surface area contributed by atoms with E-state index >= 15 is 0 Å². The summed E-state index contributed by atoms with van der Waals surface area (Å²) >= 11 is 0. The van der Waals surface area contributed by atoms with Gasteiger partial charge in [0.05, 0.1) is 12.8 Å². The molecule has 2 N–H and O–H groups in total. The Morgan fingerprint density at radius 3 is 1.60 bits per heavy atom. The van der Waals surface area contributed by atoms with E-state index in [1.807, 2.05) is 0 Å². The van der Waals surface area contributed by atoms with E-state index < -0.39 is 24.8 Å². The zero-order chi connectivity index (χ0) is 14.5. The second-order valence-electron chi connectivity index (χ2n) is 3.41. The van der Waals surface area contributed by atoms with Crippen LogP contribution in [0.25, 0.3) is 0 Å². The molecule has 0 spiro atoms. The Morgan fingerprint density at radius 1 is 0.850 bits per heavy atom. The van der Waals surface area contributed by atoms with E-state index in [0.717, 1.165) is 0 Å². The van der Waals surface area contributed by atoms with E-state index in [2.05, 4.69) is 40.1 Å². The van der Waals surface area contributed by atoms with Crippen LogP contribution in [0.5, 0.6) is 0 Å². The van der Waals surface area contributed by atoms with Gasteiger partial charge in [0, 0.05) is 0 Å². The van der Waals surface area contributed by atoms with Crippen LogP contribution in [0.15, 0.2) is 19.5 Å². The number of carboxylic acid groups (broad SMARTS) is 2. The highest BCUT2D eigenvalue weighted by Crippen LogP contribution is 2.20. The Labute approximate surface area is 109 Å². The van der Waals surface area contributed by atoms with E-state index in [4.69, 9.17) is 10.2 Å². The number of carboxylic acids is 2. The van der Waals surface area contributed by atoms with Crippen molar-refractivity contribution in [2.45, 2.75) is 12.8 Å². The SMILES string of the molecule is O=C(O)Cc1nonc1N=Nc1nonc1CC(=O)O. The summed E-state index contributed by atoms with van der Waals surface area (Å²) < 4.78 is 8.68. The van der Waals surface area contributed by atoms with Gasteiger partial charge in [-0.3, -0.25) is 9.59 Å². The Morgan fingerprint density at radius 2 is 1.25 bits per heavy atom. The van der Waals surface area contributed by atoms with E-state index in [-0.39, 0.29) is 23.0 Å². The Hall–Kier alpha value is -3.18. The van der Waals surface area contributed by atoms with Crippen LogP contribution >= 0.6 is 0 Å². The molecule has 2 heterocycles. The first-order chi connectivity index (χ1) is 9.56. The molecular formula is C8H6N6O6. The highest BCUT2D eigenvalue weighted by atomic mass is 16.6. The van der Waals surface area contributed by atoms with Crippen LogP contribution < -0.4 is 0 Å². The summed E-state index contributed by atoms with van der Waals surface area (Å²) in [6.45, 7) is 0. The number of aliphatic carboxylic acids is 2. The molecule has 2 rings (SSSR count). The Balaban J connectivity index is 2.17. The fraction of sp³-hybridized carbons (Fsp3) is 0.250. The summed E-state index contributed by atoms with van der Waals surface area (Å²) in [5.41, 5.74) is -0.0602. The molecule has 0 aliphatic rings. The lowest BCUT2D eigenvalue weighted by Crippen LogP contribution is -2.00. The maximum Gasteiger partial charge on any atom is 0.309 e. The van der Waals surface area contributed by atoms with Crippen LogP contribution in [0.4, 0.5) is 11.6 Å². The predicted octanol–water partition coefficient (Wildman–Crippen LogP) is 0.122. The third-order valence-electron chi connectivity index (χ3n) is 1.95. The number of aromatic nitrogens is 4. The summed E-state index contributed by atoms with van der Waals surface area (Å²) in [6, 6.07) is 0. The molecule has 0 aliphatic heterocycles. The smallest absolute Gasteiger partial charge is 0.309 e. The minimum Gasteiger partial charge on any atom is -0.481 e. The molecular weight excluding hydrogens is 276 g/mol. The van der Waals surface area contributed by atoms with Gasteiger partial charge in [0.25, 0.3) is 0 Å².